The summed E-state index contributed by atoms with van der Waals surface area (Å²) < 4.78 is 21.7. The molecule has 1 aliphatic heterocycles. The highest BCUT2D eigenvalue weighted by molar-refractivity contribution is 5.58. The number of aryl methyl sites for hydroxylation is 1. The molecule has 1 saturated carbocycles. The van der Waals surface area contributed by atoms with Crippen LogP contribution in [0.25, 0.3) is 11.4 Å². The van der Waals surface area contributed by atoms with Gasteiger partial charge in [-0.1, -0.05) is 12.1 Å². The van der Waals surface area contributed by atoms with E-state index in [1.54, 1.807) is 19.1 Å². The van der Waals surface area contributed by atoms with Crippen molar-refractivity contribution in [2.75, 3.05) is 25.2 Å². The Labute approximate surface area is 141 Å². The lowest BCUT2D eigenvalue weighted by Crippen LogP contribution is -2.25. The molecule has 128 valence electrons. The van der Waals surface area contributed by atoms with Crippen molar-refractivity contribution in [3.05, 3.63) is 29.6 Å². The Morgan fingerprint density at radius 3 is 2.79 bits per heavy atom. The molecule has 1 aromatic carbocycles. The first kappa shape index (κ1) is 15.6. The van der Waals surface area contributed by atoms with Gasteiger partial charge < -0.3 is 9.64 Å². The van der Waals surface area contributed by atoms with Crippen LogP contribution in [-0.2, 0) is 11.3 Å². The van der Waals surface area contributed by atoms with Crippen molar-refractivity contribution >= 4 is 5.95 Å². The summed E-state index contributed by atoms with van der Waals surface area (Å²) in [6.45, 7) is 4.16. The van der Waals surface area contributed by atoms with Crippen LogP contribution >= 0.6 is 0 Å². The van der Waals surface area contributed by atoms with Crippen molar-refractivity contribution in [2.45, 2.75) is 38.8 Å². The van der Waals surface area contributed by atoms with Crippen LogP contribution in [0.5, 0.6) is 0 Å². The van der Waals surface area contributed by atoms with Crippen molar-refractivity contribution < 1.29 is 9.13 Å². The van der Waals surface area contributed by atoms with Crippen LogP contribution in [-0.4, -0.2) is 41.1 Å². The van der Waals surface area contributed by atoms with Gasteiger partial charge >= 0.3 is 0 Å². The van der Waals surface area contributed by atoms with Gasteiger partial charge in [0, 0.05) is 37.7 Å². The standard InChI is InChI=1S/C18H23FN4O/c1-12-3-4-14(9-16(12)19)17-20-21-18(22(2)15-5-6-15)23(17)10-13-7-8-24-11-13/h3-4,9,13,15H,5-8,10-11H2,1-2H3. The maximum absolute atomic E-state index is 14.0. The van der Waals surface area contributed by atoms with Gasteiger partial charge in [0.2, 0.25) is 5.95 Å². The van der Waals surface area contributed by atoms with Gasteiger partial charge in [-0.05, 0) is 37.8 Å². The molecule has 0 amide bonds. The Morgan fingerprint density at radius 1 is 1.29 bits per heavy atom. The molecule has 1 saturated heterocycles. The van der Waals surface area contributed by atoms with Crippen LogP contribution in [0.3, 0.4) is 0 Å². The van der Waals surface area contributed by atoms with Crippen LogP contribution in [0.1, 0.15) is 24.8 Å². The minimum atomic E-state index is -0.205. The molecule has 2 aromatic rings. The largest absolute Gasteiger partial charge is 0.381 e. The summed E-state index contributed by atoms with van der Waals surface area (Å²) in [7, 11) is 2.07. The smallest absolute Gasteiger partial charge is 0.227 e. The molecule has 0 N–H and O–H groups in total. The summed E-state index contributed by atoms with van der Waals surface area (Å²) in [6, 6.07) is 5.83. The minimum Gasteiger partial charge on any atom is -0.381 e. The average Bonchev–Trinajstić information content (AvgIpc) is 3.15. The van der Waals surface area contributed by atoms with E-state index in [1.165, 1.54) is 12.8 Å². The van der Waals surface area contributed by atoms with Gasteiger partial charge in [-0.3, -0.25) is 4.57 Å². The monoisotopic (exact) mass is 330 g/mol. The van der Waals surface area contributed by atoms with Crippen LogP contribution in [0.2, 0.25) is 0 Å². The van der Waals surface area contributed by atoms with Crippen molar-refractivity contribution in [2.24, 2.45) is 5.92 Å². The molecular weight excluding hydrogens is 307 g/mol. The van der Waals surface area contributed by atoms with Gasteiger partial charge in [0.1, 0.15) is 5.82 Å². The predicted octanol–water partition coefficient (Wildman–Crippen LogP) is 3.03. The van der Waals surface area contributed by atoms with E-state index in [9.17, 15) is 4.39 Å². The van der Waals surface area contributed by atoms with Gasteiger partial charge in [-0.25, -0.2) is 4.39 Å². The third-order valence-electron chi connectivity index (χ3n) is 5.04. The molecule has 1 aromatic heterocycles. The Morgan fingerprint density at radius 2 is 2.12 bits per heavy atom. The molecule has 0 spiro atoms. The Hall–Kier alpha value is -1.95. The van der Waals surface area contributed by atoms with Gasteiger partial charge in [0.05, 0.1) is 6.61 Å². The first-order valence-corrected chi connectivity index (χ1v) is 8.64. The van der Waals surface area contributed by atoms with Crippen LogP contribution in [0, 0.1) is 18.7 Å². The predicted molar refractivity (Wildman–Crippen MR) is 90.5 cm³/mol. The molecule has 0 bridgehead atoms. The zero-order chi connectivity index (χ0) is 16.7. The fraction of sp³-hybridized carbons (Fsp3) is 0.556. The fourth-order valence-electron chi connectivity index (χ4n) is 3.28. The molecule has 0 radical (unpaired) electrons. The number of hydrogen-bond acceptors (Lipinski definition) is 4. The normalized spacial score (nSPS) is 20.5. The Kier molecular flexibility index (Phi) is 4.00. The van der Waals surface area contributed by atoms with Crippen molar-refractivity contribution in [3.63, 3.8) is 0 Å². The fourth-order valence-corrected chi connectivity index (χ4v) is 3.28. The highest BCUT2D eigenvalue weighted by atomic mass is 19.1. The highest BCUT2D eigenvalue weighted by Crippen LogP contribution is 2.32. The van der Waals surface area contributed by atoms with E-state index in [1.807, 2.05) is 6.07 Å². The number of hydrogen-bond donors (Lipinski definition) is 0. The van der Waals surface area contributed by atoms with E-state index < -0.39 is 0 Å². The number of nitrogens with zero attached hydrogens (tertiary/aromatic N) is 4. The molecule has 2 aliphatic rings. The average molecular weight is 330 g/mol. The van der Waals surface area contributed by atoms with E-state index in [4.69, 9.17) is 4.74 Å². The first-order valence-electron chi connectivity index (χ1n) is 8.64. The van der Waals surface area contributed by atoms with Crippen LogP contribution in [0.15, 0.2) is 18.2 Å². The Balaban J connectivity index is 1.72. The van der Waals surface area contributed by atoms with Crippen molar-refractivity contribution in [1.29, 1.82) is 0 Å². The summed E-state index contributed by atoms with van der Waals surface area (Å²) in [5, 5.41) is 8.82. The number of rotatable bonds is 5. The van der Waals surface area contributed by atoms with E-state index in [2.05, 4.69) is 26.7 Å². The second kappa shape index (κ2) is 6.16. The lowest BCUT2D eigenvalue weighted by Gasteiger charge is -2.21. The van der Waals surface area contributed by atoms with Gasteiger partial charge in [-0.15, -0.1) is 10.2 Å². The number of ether oxygens (including phenoxy) is 1. The second-order valence-corrected chi connectivity index (χ2v) is 6.97. The molecular formula is C18H23FN4O. The minimum absolute atomic E-state index is 0.205. The molecule has 4 rings (SSSR count). The summed E-state index contributed by atoms with van der Waals surface area (Å²) >= 11 is 0. The van der Waals surface area contributed by atoms with Crippen LogP contribution < -0.4 is 4.90 Å². The van der Waals surface area contributed by atoms with Crippen molar-refractivity contribution in [1.82, 2.24) is 14.8 Å². The topological polar surface area (TPSA) is 43.2 Å². The van der Waals surface area contributed by atoms with E-state index in [0.29, 0.717) is 17.5 Å². The van der Waals surface area contributed by atoms with Crippen LogP contribution in [0.4, 0.5) is 10.3 Å². The molecule has 1 atom stereocenters. The lowest BCUT2D eigenvalue weighted by molar-refractivity contribution is 0.182. The summed E-state index contributed by atoms with van der Waals surface area (Å²) in [5.41, 5.74) is 1.42. The number of halogens is 1. The van der Waals surface area contributed by atoms with E-state index in [-0.39, 0.29) is 5.82 Å². The number of anilines is 1. The number of aromatic nitrogens is 3. The summed E-state index contributed by atoms with van der Waals surface area (Å²) in [5.74, 6) is 1.87. The summed E-state index contributed by atoms with van der Waals surface area (Å²) in [4.78, 5) is 2.21. The maximum atomic E-state index is 14.0. The van der Waals surface area contributed by atoms with Gasteiger partial charge in [0.15, 0.2) is 5.82 Å². The van der Waals surface area contributed by atoms with E-state index >= 15 is 0 Å². The third kappa shape index (κ3) is 2.90. The number of benzene rings is 1. The Bertz CT molecular complexity index is 735. The second-order valence-electron chi connectivity index (χ2n) is 6.97. The van der Waals surface area contributed by atoms with E-state index in [0.717, 1.165) is 43.5 Å². The highest BCUT2D eigenvalue weighted by Gasteiger charge is 2.31. The molecule has 2 heterocycles. The zero-order valence-electron chi connectivity index (χ0n) is 14.2. The summed E-state index contributed by atoms with van der Waals surface area (Å²) in [6.07, 6.45) is 3.45. The van der Waals surface area contributed by atoms with Gasteiger partial charge in [-0.2, -0.15) is 0 Å². The molecule has 1 aliphatic carbocycles. The SMILES string of the molecule is Cc1ccc(-c2nnc(N(C)C3CC3)n2CC2CCOC2)cc1F. The third-order valence-corrected chi connectivity index (χ3v) is 5.04. The zero-order valence-corrected chi connectivity index (χ0v) is 14.2. The molecule has 1 unspecified atom stereocenters. The van der Waals surface area contributed by atoms with Crippen molar-refractivity contribution in [3.8, 4) is 11.4 Å². The molecule has 24 heavy (non-hydrogen) atoms. The van der Waals surface area contributed by atoms with Gasteiger partial charge in [0.25, 0.3) is 0 Å². The first-order chi connectivity index (χ1) is 11.6. The molecule has 2 fully saturated rings. The molecule has 5 nitrogen and oxygen atoms in total. The molecule has 6 heteroatoms. The quantitative estimate of drug-likeness (QED) is 0.845. The maximum Gasteiger partial charge on any atom is 0.227 e. The lowest BCUT2D eigenvalue weighted by atomic mass is 10.1.